The lowest BCUT2D eigenvalue weighted by Crippen LogP contribution is -2.26. The van der Waals surface area contributed by atoms with Crippen LogP contribution in [0.1, 0.15) is 19.4 Å². The second kappa shape index (κ2) is 3.91. The minimum absolute atomic E-state index is 0.0310. The zero-order valence-electron chi connectivity index (χ0n) is 9.62. The maximum absolute atomic E-state index is 13.3. The van der Waals surface area contributed by atoms with Crippen LogP contribution in [0, 0.1) is 11.2 Å². The van der Waals surface area contributed by atoms with Gasteiger partial charge in [0.1, 0.15) is 0 Å². The molecule has 0 atom stereocenters. The van der Waals surface area contributed by atoms with E-state index in [0.717, 1.165) is 0 Å². The van der Waals surface area contributed by atoms with Crippen LogP contribution in [0.3, 0.4) is 0 Å². The average Bonchev–Trinajstić information content (AvgIpc) is 2.71. The summed E-state index contributed by atoms with van der Waals surface area (Å²) in [5, 5.41) is 9.06. The first-order chi connectivity index (χ1) is 7.92. The van der Waals surface area contributed by atoms with E-state index in [4.69, 9.17) is 14.6 Å². The number of benzene rings is 1. The second-order valence-electron chi connectivity index (χ2n) is 4.64. The van der Waals surface area contributed by atoms with Gasteiger partial charge in [0, 0.05) is 0 Å². The summed E-state index contributed by atoms with van der Waals surface area (Å²) >= 11 is 0. The Kier molecular flexibility index (Phi) is 2.69. The van der Waals surface area contributed by atoms with Gasteiger partial charge in [-0.2, -0.15) is 0 Å². The van der Waals surface area contributed by atoms with Crippen molar-refractivity contribution in [2.24, 2.45) is 5.41 Å². The molecular weight excluding hydrogens is 227 g/mol. The van der Waals surface area contributed by atoms with Gasteiger partial charge in [0.25, 0.3) is 0 Å². The van der Waals surface area contributed by atoms with Crippen LogP contribution >= 0.6 is 0 Å². The molecular formula is C12H13FO4. The lowest BCUT2D eigenvalue weighted by molar-refractivity contribution is -0.146. The summed E-state index contributed by atoms with van der Waals surface area (Å²) in [6.45, 7) is 3.19. The number of hydrogen-bond acceptors (Lipinski definition) is 3. The number of rotatable bonds is 3. The molecule has 0 bridgehead atoms. The molecule has 1 aliphatic rings. The molecule has 1 aromatic carbocycles. The third-order valence-electron chi connectivity index (χ3n) is 2.76. The smallest absolute Gasteiger partial charge is 0.309 e. The minimum atomic E-state index is -0.933. The summed E-state index contributed by atoms with van der Waals surface area (Å²) in [7, 11) is 0. The van der Waals surface area contributed by atoms with Gasteiger partial charge in [0.2, 0.25) is 12.5 Å². The van der Waals surface area contributed by atoms with Crippen LogP contribution in [0.25, 0.3) is 0 Å². The van der Waals surface area contributed by atoms with Crippen LogP contribution in [0.5, 0.6) is 11.5 Å². The van der Waals surface area contributed by atoms with Crippen molar-refractivity contribution in [3.05, 3.63) is 23.5 Å². The highest BCUT2D eigenvalue weighted by Crippen LogP contribution is 2.40. The van der Waals surface area contributed by atoms with E-state index in [0.29, 0.717) is 11.3 Å². The Bertz CT molecular complexity index is 468. The standard InChI is InChI=1S/C12H13FO4/c1-12(2,11(14)15)5-7-3-4-8(13)10-9(7)16-6-17-10/h3-4H,5-6H2,1-2H3,(H,14,15). The molecule has 0 radical (unpaired) electrons. The molecule has 0 fully saturated rings. The molecule has 2 rings (SSSR count). The molecule has 0 saturated carbocycles. The number of hydrogen-bond donors (Lipinski definition) is 1. The monoisotopic (exact) mass is 240 g/mol. The fourth-order valence-electron chi connectivity index (χ4n) is 1.71. The van der Waals surface area contributed by atoms with Gasteiger partial charge in [0.05, 0.1) is 5.41 Å². The Labute approximate surface area is 98.0 Å². The molecule has 0 spiro atoms. The molecule has 0 unspecified atom stereocenters. The number of aliphatic carboxylic acids is 1. The van der Waals surface area contributed by atoms with E-state index in [2.05, 4.69) is 0 Å². The number of ether oxygens (including phenoxy) is 2. The van der Waals surface area contributed by atoms with Crippen LogP contribution in [0.15, 0.2) is 12.1 Å². The van der Waals surface area contributed by atoms with Gasteiger partial charge in [0.15, 0.2) is 11.6 Å². The first-order valence-corrected chi connectivity index (χ1v) is 5.22. The Balaban J connectivity index is 2.35. The zero-order valence-corrected chi connectivity index (χ0v) is 9.62. The molecule has 4 nitrogen and oxygen atoms in total. The lowest BCUT2D eigenvalue weighted by atomic mass is 9.85. The van der Waals surface area contributed by atoms with E-state index >= 15 is 0 Å². The van der Waals surface area contributed by atoms with Crippen LogP contribution in [0.4, 0.5) is 4.39 Å². The van der Waals surface area contributed by atoms with Crippen LogP contribution in [-0.4, -0.2) is 17.9 Å². The van der Waals surface area contributed by atoms with E-state index in [1.165, 1.54) is 12.1 Å². The van der Waals surface area contributed by atoms with Gasteiger partial charge in [-0.1, -0.05) is 6.07 Å². The summed E-state index contributed by atoms with van der Waals surface area (Å²) in [5.41, 5.74) is -0.288. The fraction of sp³-hybridized carbons (Fsp3) is 0.417. The summed E-state index contributed by atoms with van der Waals surface area (Å²) in [6.07, 6.45) is 0.258. The molecule has 0 aliphatic carbocycles. The van der Waals surface area contributed by atoms with E-state index in [9.17, 15) is 9.18 Å². The van der Waals surface area contributed by atoms with Crippen LogP contribution in [-0.2, 0) is 11.2 Å². The first kappa shape index (κ1) is 11.7. The van der Waals surface area contributed by atoms with E-state index < -0.39 is 17.2 Å². The van der Waals surface area contributed by atoms with Gasteiger partial charge < -0.3 is 14.6 Å². The lowest BCUT2D eigenvalue weighted by Gasteiger charge is -2.19. The van der Waals surface area contributed by atoms with Crippen molar-refractivity contribution in [3.8, 4) is 11.5 Å². The Morgan fingerprint density at radius 3 is 2.71 bits per heavy atom. The minimum Gasteiger partial charge on any atom is -0.481 e. The normalized spacial score (nSPS) is 13.8. The van der Waals surface area contributed by atoms with Crippen molar-refractivity contribution < 1.29 is 23.8 Å². The second-order valence-corrected chi connectivity index (χ2v) is 4.64. The summed E-state index contributed by atoms with van der Waals surface area (Å²) < 4.78 is 23.5. The largest absolute Gasteiger partial charge is 0.481 e. The number of fused-ring (bicyclic) bond motifs is 1. The summed E-state index contributed by atoms with van der Waals surface area (Å²) in [6, 6.07) is 2.80. The fourth-order valence-corrected chi connectivity index (χ4v) is 1.71. The van der Waals surface area contributed by atoms with Crippen molar-refractivity contribution in [1.82, 2.24) is 0 Å². The maximum atomic E-state index is 13.3. The highest BCUT2D eigenvalue weighted by Gasteiger charge is 2.31. The molecule has 92 valence electrons. The Morgan fingerprint density at radius 2 is 2.06 bits per heavy atom. The Hall–Kier alpha value is -1.78. The predicted molar refractivity (Wildman–Crippen MR) is 57.6 cm³/mol. The van der Waals surface area contributed by atoms with Crippen LogP contribution in [0.2, 0.25) is 0 Å². The highest BCUT2D eigenvalue weighted by molar-refractivity contribution is 5.74. The molecule has 17 heavy (non-hydrogen) atoms. The van der Waals surface area contributed by atoms with E-state index in [1.807, 2.05) is 0 Å². The molecule has 0 aromatic heterocycles. The molecule has 0 saturated heterocycles. The number of carbonyl (C=O) groups is 1. The molecule has 1 aliphatic heterocycles. The van der Waals surface area contributed by atoms with E-state index in [-0.39, 0.29) is 19.0 Å². The number of halogens is 1. The van der Waals surface area contributed by atoms with Gasteiger partial charge in [-0.05, 0) is 31.9 Å². The van der Waals surface area contributed by atoms with Crippen molar-refractivity contribution >= 4 is 5.97 Å². The Morgan fingerprint density at radius 1 is 1.41 bits per heavy atom. The highest BCUT2D eigenvalue weighted by atomic mass is 19.1. The summed E-state index contributed by atoms with van der Waals surface area (Å²) in [5.74, 6) is -1.01. The molecule has 1 aromatic rings. The third kappa shape index (κ3) is 2.05. The van der Waals surface area contributed by atoms with Crippen molar-refractivity contribution in [2.75, 3.05) is 6.79 Å². The predicted octanol–water partition coefficient (Wildman–Crippen LogP) is 2.21. The first-order valence-electron chi connectivity index (χ1n) is 5.22. The van der Waals surface area contributed by atoms with Crippen molar-refractivity contribution in [1.29, 1.82) is 0 Å². The number of carboxylic acids is 1. The van der Waals surface area contributed by atoms with E-state index in [1.54, 1.807) is 13.8 Å². The average molecular weight is 240 g/mol. The zero-order chi connectivity index (χ0) is 12.6. The van der Waals surface area contributed by atoms with Gasteiger partial charge in [-0.25, -0.2) is 4.39 Å². The van der Waals surface area contributed by atoms with Crippen molar-refractivity contribution in [3.63, 3.8) is 0 Å². The van der Waals surface area contributed by atoms with Crippen molar-refractivity contribution in [2.45, 2.75) is 20.3 Å². The molecule has 0 amide bonds. The van der Waals surface area contributed by atoms with Crippen LogP contribution < -0.4 is 9.47 Å². The van der Waals surface area contributed by atoms with Gasteiger partial charge in [-0.3, -0.25) is 4.79 Å². The van der Waals surface area contributed by atoms with Gasteiger partial charge >= 0.3 is 5.97 Å². The maximum Gasteiger partial charge on any atom is 0.309 e. The van der Waals surface area contributed by atoms with Gasteiger partial charge in [-0.15, -0.1) is 0 Å². The number of carboxylic acid groups (broad SMARTS) is 1. The SMILES string of the molecule is CC(C)(Cc1ccc(F)c2c1OCO2)C(=O)O. The molecule has 1 heterocycles. The molecule has 5 heteroatoms. The molecule has 1 N–H and O–H groups in total. The summed E-state index contributed by atoms with van der Waals surface area (Å²) in [4.78, 5) is 11.0. The quantitative estimate of drug-likeness (QED) is 0.880. The third-order valence-corrected chi connectivity index (χ3v) is 2.76. The topological polar surface area (TPSA) is 55.8 Å².